The molecular formula is C17H29N7O3. The number of nitrogens with zero attached hydrogens (tertiary/aromatic N) is 2. The number of nitriles is 1. The van der Waals surface area contributed by atoms with Crippen LogP contribution in [0.4, 0.5) is 0 Å². The molecule has 0 aromatic carbocycles. The first-order valence-electron chi connectivity index (χ1n) is 9.78. The van der Waals surface area contributed by atoms with Crippen LogP contribution in [0.3, 0.4) is 0 Å². The zero-order valence-electron chi connectivity index (χ0n) is 15.4. The molecule has 0 aliphatic carbocycles. The van der Waals surface area contributed by atoms with Gasteiger partial charge < -0.3 is 25.8 Å². The van der Waals surface area contributed by atoms with Crippen LogP contribution < -0.4 is 27.1 Å². The fourth-order valence-electron chi connectivity index (χ4n) is 4.31. The molecule has 4 rings (SSSR count). The van der Waals surface area contributed by atoms with Crippen LogP contribution in [-0.2, 0) is 14.3 Å². The van der Waals surface area contributed by atoms with E-state index < -0.39 is 12.1 Å². The van der Waals surface area contributed by atoms with Crippen molar-refractivity contribution in [2.45, 2.75) is 43.4 Å². The first kappa shape index (κ1) is 19.0. The first-order valence-corrected chi connectivity index (χ1v) is 9.78. The predicted octanol–water partition coefficient (Wildman–Crippen LogP) is -2.57. The van der Waals surface area contributed by atoms with Crippen LogP contribution in [0, 0.1) is 23.2 Å². The Kier molecular flexibility index (Phi) is 5.89. The van der Waals surface area contributed by atoms with Crippen molar-refractivity contribution >= 4 is 5.91 Å². The molecule has 4 aliphatic heterocycles. The van der Waals surface area contributed by atoms with E-state index in [2.05, 4.69) is 27.4 Å². The Labute approximate surface area is 159 Å². The van der Waals surface area contributed by atoms with Crippen molar-refractivity contribution in [2.24, 2.45) is 17.6 Å². The highest BCUT2D eigenvalue weighted by Gasteiger charge is 2.47. The lowest BCUT2D eigenvalue weighted by molar-refractivity contribution is -0.165. The second-order valence-corrected chi connectivity index (χ2v) is 7.86. The predicted molar refractivity (Wildman–Crippen MR) is 95.7 cm³/mol. The Morgan fingerprint density at radius 1 is 1.41 bits per heavy atom. The SMILES string of the molecule is N#CCC1CNC2C(C(=O)NC3CNCCC3OC3COC3)C(N)NN2C1. The van der Waals surface area contributed by atoms with Crippen LogP contribution in [0.25, 0.3) is 0 Å². The molecule has 27 heavy (non-hydrogen) atoms. The summed E-state index contributed by atoms with van der Waals surface area (Å²) in [5.74, 6) is -0.235. The Balaban J connectivity index is 1.36. The van der Waals surface area contributed by atoms with E-state index in [9.17, 15) is 4.79 Å². The maximum atomic E-state index is 13.0. The topological polar surface area (TPSA) is 137 Å². The molecule has 4 fully saturated rings. The highest BCUT2D eigenvalue weighted by molar-refractivity contribution is 5.80. The number of carbonyl (C=O) groups is 1. The lowest BCUT2D eigenvalue weighted by atomic mass is 9.96. The fraction of sp³-hybridized carbons (Fsp3) is 0.882. The van der Waals surface area contributed by atoms with Gasteiger partial charge in [-0.25, -0.2) is 10.4 Å². The van der Waals surface area contributed by atoms with Crippen LogP contribution in [-0.4, -0.2) is 80.9 Å². The lowest BCUT2D eigenvalue weighted by Crippen LogP contribution is -2.61. The standard InChI is InChI=1S/C17H29N7O3/c18-3-1-10-5-21-16-14(15(19)23-24(16)7-10)17(25)22-12-6-20-4-2-13(12)27-11-8-26-9-11/h10-16,20-21,23H,1-2,4-9,19H2,(H,22,25). The number of hydrogen-bond donors (Lipinski definition) is 5. The van der Waals surface area contributed by atoms with Crippen molar-refractivity contribution < 1.29 is 14.3 Å². The molecule has 4 aliphatic rings. The van der Waals surface area contributed by atoms with Gasteiger partial charge in [-0.2, -0.15) is 5.26 Å². The van der Waals surface area contributed by atoms with E-state index in [1.807, 2.05) is 5.01 Å². The monoisotopic (exact) mass is 379 g/mol. The Bertz CT molecular complexity index is 581. The fourth-order valence-corrected chi connectivity index (χ4v) is 4.31. The van der Waals surface area contributed by atoms with Gasteiger partial charge >= 0.3 is 0 Å². The van der Waals surface area contributed by atoms with Gasteiger partial charge in [0.25, 0.3) is 0 Å². The first-order chi connectivity index (χ1) is 13.2. The summed E-state index contributed by atoms with van der Waals surface area (Å²) in [5, 5.41) is 20.8. The number of carbonyl (C=O) groups excluding carboxylic acids is 1. The number of ether oxygens (including phenoxy) is 2. The van der Waals surface area contributed by atoms with Crippen LogP contribution in [0.15, 0.2) is 0 Å². The highest BCUT2D eigenvalue weighted by Crippen LogP contribution is 2.24. The molecule has 0 aromatic heterocycles. The maximum absolute atomic E-state index is 13.0. The van der Waals surface area contributed by atoms with Gasteiger partial charge in [0.15, 0.2) is 0 Å². The van der Waals surface area contributed by atoms with Crippen LogP contribution in [0.2, 0.25) is 0 Å². The number of fused-ring (bicyclic) bond motifs is 1. The average molecular weight is 379 g/mol. The smallest absolute Gasteiger partial charge is 0.229 e. The summed E-state index contributed by atoms with van der Waals surface area (Å²) < 4.78 is 11.3. The molecule has 0 radical (unpaired) electrons. The number of hydrogen-bond acceptors (Lipinski definition) is 9. The van der Waals surface area contributed by atoms with Gasteiger partial charge in [-0.15, -0.1) is 0 Å². The molecule has 0 saturated carbocycles. The summed E-state index contributed by atoms with van der Waals surface area (Å²) in [6.45, 7) is 4.25. The normalized spacial score (nSPS) is 40.0. The van der Waals surface area contributed by atoms with Crippen molar-refractivity contribution in [2.75, 3.05) is 39.4 Å². The van der Waals surface area contributed by atoms with Crippen LogP contribution in [0.1, 0.15) is 12.8 Å². The quantitative estimate of drug-likeness (QED) is 0.349. The number of amides is 1. The Hall–Kier alpha value is -1.32. The minimum absolute atomic E-state index is 0.00915. The number of nitrogens with two attached hydrogens (primary N) is 1. The van der Waals surface area contributed by atoms with Gasteiger partial charge in [-0.1, -0.05) is 0 Å². The van der Waals surface area contributed by atoms with Crippen molar-refractivity contribution in [1.29, 1.82) is 5.26 Å². The molecule has 1 amide bonds. The molecule has 10 nitrogen and oxygen atoms in total. The van der Waals surface area contributed by atoms with Crippen molar-refractivity contribution in [1.82, 2.24) is 26.4 Å². The van der Waals surface area contributed by atoms with E-state index >= 15 is 0 Å². The molecule has 6 unspecified atom stereocenters. The lowest BCUT2D eigenvalue weighted by Gasteiger charge is -2.39. The minimum atomic E-state index is -0.459. The van der Waals surface area contributed by atoms with Gasteiger partial charge in [0.2, 0.25) is 5.91 Å². The van der Waals surface area contributed by atoms with Crippen LogP contribution in [0.5, 0.6) is 0 Å². The van der Waals surface area contributed by atoms with E-state index in [0.717, 1.165) is 13.0 Å². The Morgan fingerprint density at radius 3 is 3.00 bits per heavy atom. The summed E-state index contributed by atoms with van der Waals surface area (Å²) in [4.78, 5) is 13.0. The largest absolute Gasteiger partial charge is 0.376 e. The molecule has 4 saturated heterocycles. The molecule has 150 valence electrons. The molecule has 10 heteroatoms. The van der Waals surface area contributed by atoms with Gasteiger partial charge in [0, 0.05) is 26.1 Å². The van der Waals surface area contributed by atoms with Crippen molar-refractivity contribution in [3.05, 3.63) is 0 Å². The van der Waals surface area contributed by atoms with Gasteiger partial charge in [-0.05, 0) is 18.9 Å². The number of piperidine rings is 1. The molecule has 4 heterocycles. The number of hydrazine groups is 1. The molecule has 0 spiro atoms. The maximum Gasteiger partial charge on any atom is 0.229 e. The summed E-state index contributed by atoms with van der Waals surface area (Å²) >= 11 is 0. The average Bonchev–Trinajstić information content (AvgIpc) is 2.94. The zero-order valence-corrected chi connectivity index (χ0v) is 15.4. The second-order valence-electron chi connectivity index (χ2n) is 7.86. The van der Waals surface area contributed by atoms with Crippen molar-refractivity contribution in [3.8, 4) is 6.07 Å². The van der Waals surface area contributed by atoms with E-state index in [4.69, 9.17) is 20.5 Å². The van der Waals surface area contributed by atoms with E-state index in [0.29, 0.717) is 39.3 Å². The van der Waals surface area contributed by atoms with E-state index in [1.54, 1.807) is 0 Å². The molecule has 0 bridgehead atoms. The number of nitrogens with one attached hydrogen (secondary N) is 4. The summed E-state index contributed by atoms with van der Waals surface area (Å²) in [6, 6.07) is 2.13. The van der Waals surface area contributed by atoms with E-state index in [-0.39, 0.29) is 36.2 Å². The molecule has 0 aromatic rings. The van der Waals surface area contributed by atoms with Crippen molar-refractivity contribution in [3.63, 3.8) is 0 Å². The third-order valence-electron chi connectivity index (χ3n) is 5.85. The summed E-state index contributed by atoms with van der Waals surface area (Å²) in [5.41, 5.74) is 9.42. The van der Waals surface area contributed by atoms with E-state index in [1.165, 1.54) is 0 Å². The van der Waals surface area contributed by atoms with Gasteiger partial charge in [0.05, 0.1) is 49.7 Å². The number of rotatable bonds is 5. The minimum Gasteiger partial charge on any atom is -0.376 e. The van der Waals surface area contributed by atoms with Gasteiger partial charge in [0.1, 0.15) is 6.10 Å². The molecule has 6 atom stereocenters. The summed E-state index contributed by atoms with van der Waals surface area (Å²) in [7, 11) is 0. The summed E-state index contributed by atoms with van der Waals surface area (Å²) in [6.07, 6.45) is 0.854. The second kappa shape index (κ2) is 8.36. The molecular weight excluding hydrogens is 350 g/mol. The third-order valence-corrected chi connectivity index (χ3v) is 5.85. The van der Waals surface area contributed by atoms with Gasteiger partial charge in [-0.3, -0.25) is 10.1 Å². The van der Waals surface area contributed by atoms with Crippen LogP contribution >= 0.6 is 0 Å². The Morgan fingerprint density at radius 2 is 2.26 bits per heavy atom. The molecule has 6 N–H and O–H groups in total. The highest BCUT2D eigenvalue weighted by atomic mass is 16.6. The third kappa shape index (κ3) is 4.09. The zero-order chi connectivity index (χ0) is 18.8.